The molecule has 1 aliphatic carbocycles. The molecule has 4 atom stereocenters. The molecular weight excluding hydrogens is 278 g/mol. The predicted molar refractivity (Wildman–Crippen MR) is 100 cm³/mol. The Labute approximate surface area is 143 Å². The molecule has 1 aromatic carbocycles. The van der Waals surface area contributed by atoms with Crippen LogP contribution in [0.15, 0.2) is 24.3 Å². The summed E-state index contributed by atoms with van der Waals surface area (Å²) in [6.07, 6.45) is 5.55. The number of likely N-dealkylation sites (tertiary alicyclic amines) is 1. The Morgan fingerprint density at radius 3 is 2.04 bits per heavy atom. The van der Waals surface area contributed by atoms with E-state index in [9.17, 15) is 0 Å². The molecular formula is C22H35N. The third-order valence-electron chi connectivity index (χ3n) is 6.07. The fourth-order valence-electron chi connectivity index (χ4n) is 4.86. The number of hydrogen-bond acceptors (Lipinski definition) is 1. The van der Waals surface area contributed by atoms with Gasteiger partial charge in [-0.3, -0.25) is 4.90 Å². The van der Waals surface area contributed by atoms with E-state index >= 15 is 0 Å². The lowest BCUT2D eigenvalue weighted by molar-refractivity contribution is 0.0971. The molecule has 0 unspecified atom stereocenters. The van der Waals surface area contributed by atoms with Crippen LogP contribution in [-0.4, -0.2) is 24.0 Å². The summed E-state index contributed by atoms with van der Waals surface area (Å²) in [7, 11) is 0. The fraction of sp³-hybridized carbons (Fsp3) is 0.727. The molecule has 1 saturated heterocycles. The first-order valence-corrected chi connectivity index (χ1v) is 9.67. The highest BCUT2D eigenvalue weighted by atomic mass is 15.2. The van der Waals surface area contributed by atoms with Crippen molar-refractivity contribution in [2.75, 3.05) is 13.1 Å². The fourth-order valence-corrected chi connectivity index (χ4v) is 4.86. The normalized spacial score (nSPS) is 33.1. The van der Waals surface area contributed by atoms with Crippen LogP contribution in [0.3, 0.4) is 0 Å². The molecule has 2 aliphatic rings. The van der Waals surface area contributed by atoms with Gasteiger partial charge < -0.3 is 0 Å². The van der Waals surface area contributed by atoms with Gasteiger partial charge in [-0.15, -0.1) is 0 Å². The van der Waals surface area contributed by atoms with E-state index in [-0.39, 0.29) is 5.41 Å². The van der Waals surface area contributed by atoms with Crippen molar-refractivity contribution in [2.45, 2.75) is 77.7 Å². The first kappa shape index (κ1) is 17.0. The van der Waals surface area contributed by atoms with Crippen LogP contribution in [0.1, 0.15) is 77.3 Å². The highest BCUT2D eigenvalue weighted by molar-refractivity contribution is 5.30. The Bertz CT molecular complexity index is 500. The second-order valence-electron chi connectivity index (χ2n) is 9.44. The van der Waals surface area contributed by atoms with Gasteiger partial charge in [0, 0.05) is 19.1 Å². The molecule has 0 N–H and O–H groups in total. The standard InChI is InChI=1S/C22H35N/c1-16-12-17(2)15-23(14-16)21-11-8-19(13-21)18-6-9-20(10-7-18)22(3,4)5/h6-7,9-10,16-17,19,21H,8,11-15H2,1-5H3/t16-,17+,19-,21+/m1/s1. The number of hydrogen-bond donors (Lipinski definition) is 0. The minimum absolute atomic E-state index is 0.261. The first-order valence-electron chi connectivity index (χ1n) is 9.67. The summed E-state index contributed by atoms with van der Waals surface area (Å²) in [5.74, 6) is 2.54. The van der Waals surface area contributed by atoms with Crippen LogP contribution in [0.5, 0.6) is 0 Å². The first-order chi connectivity index (χ1) is 10.8. The summed E-state index contributed by atoms with van der Waals surface area (Å²) in [6.45, 7) is 14.4. The van der Waals surface area contributed by atoms with Crippen LogP contribution in [0.2, 0.25) is 0 Å². The SMILES string of the molecule is C[C@@H]1C[C@H](C)CN([C@H]2CC[C@@H](c3ccc(C(C)(C)C)cc3)C2)C1. The van der Waals surface area contributed by atoms with Crippen LogP contribution in [-0.2, 0) is 5.41 Å². The van der Waals surface area contributed by atoms with Gasteiger partial charge in [-0.05, 0) is 60.0 Å². The average Bonchev–Trinajstić information content (AvgIpc) is 2.95. The minimum atomic E-state index is 0.261. The van der Waals surface area contributed by atoms with Crippen molar-refractivity contribution in [2.24, 2.45) is 11.8 Å². The Balaban J connectivity index is 1.63. The summed E-state index contributed by atoms with van der Waals surface area (Å²) in [4.78, 5) is 2.81. The quantitative estimate of drug-likeness (QED) is 0.687. The van der Waals surface area contributed by atoms with Crippen LogP contribution < -0.4 is 0 Å². The van der Waals surface area contributed by atoms with Crippen molar-refractivity contribution in [1.82, 2.24) is 4.90 Å². The van der Waals surface area contributed by atoms with Gasteiger partial charge in [0.25, 0.3) is 0 Å². The van der Waals surface area contributed by atoms with Crippen molar-refractivity contribution < 1.29 is 0 Å². The monoisotopic (exact) mass is 313 g/mol. The lowest BCUT2D eigenvalue weighted by atomic mass is 9.85. The van der Waals surface area contributed by atoms with E-state index in [1.807, 2.05) is 0 Å². The zero-order valence-electron chi connectivity index (χ0n) is 15.8. The topological polar surface area (TPSA) is 3.24 Å². The Morgan fingerprint density at radius 1 is 0.870 bits per heavy atom. The van der Waals surface area contributed by atoms with Gasteiger partial charge >= 0.3 is 0 Å². The molecule has 128 valence electrons. The van der Waals surface area contributed by atoms with Crippen molar-refractivity contribution in [3.8, 4) is 0 Å². The predicted octanol–water partition coefficient (Wildman–Crippen LogP) is 5.60. The lowest BCUT2D eigenvalue weighted by Gasteiger charge is -2.39. The van der Waals surface area contributed by atoms with Crippen LogP contribution in [0, 0.1) is 11.8 Å². The van der Waals surface area contributed by atoms with E-state index in [1.165, 1.54) is 44.3 Å². The summed E-state index contributed by atoms with van der Waals surface area (Å²) >= 11 is 0. The molecule has 0 amide bonds. The zero-order chi connectivity index (χ0) is 16.6. The van der Waals surface area contributed by atoms with Crippen molar-refractivity contribution in [3.63, 3.8) is 0 Å². The maximum atomic E-state index is 2.81. The lowest BCUT2D eigenvalue weighted by Crippen LogP contribution is -2.44. The summed E-state index contributed by atoms with van der Waals surface area (Å²) in [5.41, 5.74) is 3.28. The number of rotatable bonds is 2. The smallest absolute Gasteiger partial charge is 0.0101 e. The third kappa shape index (κ3) is 3.99. The van der Waals surface area contributed by atoms with Crippen LogP contribution in [0.25, 0.3) is 0 Å². The molecule has 1 heterocycles. The molecule has 2 fully saturated rings. The maximum absolute atomic E-state index is 2.81. The van der Waals surface area contributed by atoms with Gasteiger partial charge in [0.1, 0.15) is 0 Å². The minimum Gasteiger partial charge on any atom is -0.300 e. The molecule has 1 aromatic rings. The Hall–Kier alpha value is -0.820. The molecule has 1 saturated carbocycles. The van der Waals surface area contributed by atoms with Gasteiger partial charge in [-0.25, -0.2) is 0 Å². The highest BCUT2D eigenvalue weighted by Crippen LogP contribution is 2.39. The van der Waals surface area contributed by atoms with E-state index in [2.05, 4.69) is 63.8 Å². The molecule has 1 heteroatoms. The molecule has 0 bridgehead atoms. The molecule has 1 aliphatic heterocycles. The van der Waals surface area contributed by atoms with Gasteiger partial charge in [0.15, 0.2) is 0 Å². The number of piperidine rings is 1. The molecule has 0 spiro atoms. The largest absolute Gasteiger partial charge is 0.300 e. The highest BCUT2D eigenvalue weighted by Gasteiger charge is 2.33. The van der Waals surface area contributed by atoms with Gasteiger partial charge in [-0.1, -0.05) is 58.9 Å². The molecule has 23 heavy (non-hydrogen) atoms. The maximum Gasteiger partial charge on any atom is 0.0101 e. The van der Waals surface area contributed by atoms with Crippen LogP contribution >= 0.6 is 0 Å². The van der Waals surface area contributed by atoms with Crippen molar-refractivity contribution in [1.29, 1.82) is 0 Å². The van der Waals surface area contributed by atoms with Crippen molar-refractivity contribution >= 4 is 0 Å². The summed E-state index contributed by atoms with van der Waals surface area (Å²) in [6, 6.07) is 10.3. The van der Waals surface area contributed by atoms with Gasteiger partial charge in [0.2, 0.25) is 0 Å². The second kappa shape index (κ2) is 6.59. The Morgan fingerprint density at radius 2 is 1.48 bits per heavy atom. The number of nitrogens with zero attached hydrogens (tertiary/aromatic N) is 1. The zero-order valence-corrected chi connectivity index (χ0v) is 15.8. The van der Waals surface area contributed by atoms with E-state index in [0.29, 0.717) is 0 Å². The molecule has 0 radical (unpaired) electrons. The molecule has 1 nitrogen and oxygen atoms in total. The van der Waals surface area contributed by atoms with Crippen molar-refractivity contribution in [3.05, 3.63) is 35.4 Å². The number of benzene rings is 1. The van der Waals surface area contributed by atoms with E-state index in [0.717, 1.165) is 23.8 Å². The third-order valence-corrected chi connectivity index (χ3v) is 6.07. The van der Waals surface area contributed by atoms with Gasteiger partial charge in [0.05, 0.1) is 0 Å². The van der Waals surface area contributed by atoms with E-state index in [1.54, 1.807) is 5.56 Å². The van der Waals surface area contributed by atoms with E-state index < -0.39 is 0 Å². The molecule has 0 aromatic heterocycles. The van der Waals surface area contributed by atoms with E-state index in [4.69, 9.17) is 0 Å². The van der Waals surface area contributed by atoms with Crippen LogP contribution in [0.4, 0.5) is 0 Å². The second-order valence-corrected chi connectivity index (χ2v) is 9.44. The Kier molecular flexibility index (Phi) is 4.88. The molecule has 3 rings (SSSR count). The summed E-state index contributed by atoms with van der Waals surface area (Å²) < 4.78 is 0. The average molecular weight is 314 g/mol. The summed E-state index contributed by atoms with van der Waals surface area (Å²) in [5, 5.41) is 0. The van der Waals surface area contributed by atoms with Gasteiger partial charge in [-0.2, -0.15) is 0 Å².